The van der Waals surface area contributed by atoms with Gasteiger partial charge in [0, 0.05) is 11.3 Å². The maximum absolute atomic E-state index is 13.0. The van der Waals surface area contributed by atoms with E-state index in [0.29, 0.717) is 6.54 Å². The van der Waals surface area contributed by atoms with E-state index >= 15 is 0 Å². The molecule has 102 valence electrons. The molecule has 0 aromatic heterocycles. The normalized spacial score (nSPS) is 14.6. The average Bonchev–Trinajstić information content (AvgIpc) is 2.29. The van der Waals surface area contributed by atoms with Gasteiger partial charge in [0.15, 0.2) is 0 Å². The molecular weight excluding hydrogens is 259 g/mol. The average molecular weight is 277 g/mol. The van der Waals surface area contributed by atoms with Crippen molar-refractivity contribution in [3.8, 4) is 0 Å². The fourth-order valence-corrected chi connectivity index (χ4v) is 1.72. The molecule has 0 spiro atoms. The quantitative estimate of drug-likeness (QED) is 0.872. The van der Waals surface area contributed by atoms with Crippen LogP contribution >= 0.6 is 11.8 Å². The summed E-state index contributed by atoms with van der Waals surface area (Å²) in [5, 5.41) is 2.62. The Balaban J connectivity index is 2.82. The van der Waals surface area contributed by atoms with Crippen LogP contribution in [0.3, 0.4) is 0 Å². The Morgan fingerprint density at radius 3 is 2.17 bits per heavy atom. The van der Waals surface area contributed by atoms with Gasteiger partial charge in [-0.2, -0.15) is 24.9 Å². The van der Waals surface area contributed by atoms with Crippen LogP contribution in [-0.2, 0) is 0 Å². The van der Waals surface area contributed by atoms with Crippen molar-refractivity contribution >= 4 is 11.8 Å². The molecular formula is C13H18F3NS. The molecule has 0 radical (unpaired) electrons. The van der Waals surface area contributed by atoms with Crippen molar-refractivity contribution < 1.29 is 13.2 Å². The minimum Gasteiger partial charge on any atom is -0.301 e. The summed E-state index contributed by atoms with van der Waals surface area (Å²) in [4.78, 5) is 0. The van der Waals surface area contributed by atoms with E-state index in [1.165, 1.54) is 12.1 Å². The van der Waals surface area contributed by atoms with E-state index in [4.69, 9.17) is 0 Å². The summed E-state index contributed by atoms with van der Waals surface area (Å²) < 4.78 is 38.8. The van der Waals surface area contributed by atoms with Crippen molar-refractivity contribution in [1.82, 2.24) is 5.32 Å². The lowest BCUT2D eigenvalue weighted by atomic mass is 10.1. The molecule has 1 atom stereocenters. The Bertz CT molecular complexity index is 362. The maximum atomic E-state index is 13.0. The van der Waals surface area contributed by atoms with Gasteiger partial charge in [0.25, 0.3) is 0 Å². The third-order valence-electron chi connectivity index (χ3n) is 2.74. The smallest absolute Gasteiger partial charge is 0.301 e. The zero-order valence-corrected chi connectivity index (χ0v) is 11.5. The number of hydrogen-bond acceptors (Lipinski definition) is 2. The van der Waals surface area contributed by atoms with Crippen LogP contribution in [0, 0.1) is 0 Å². The number of benzene rings is 1. The molecule has 0 bridgehead atoms. The van der Waals surface area contributed by atoms with Gasteiger partial charge >= 0.3 is 6.18 Å². The second-order valence-corrected chi connectivity index (χ2v) is 6.24. The van der Waals surface area contributed by atoms with Gasteiger partial charge in [-0.3, -0.25) is 0 Å². The van der Waals surface area contributed by atoms with Crippen LogP contribution < -0.4 is 5.32 Å². The number of thioether (sulfide) groups is 1. The summed E-state index contributed by atoms with van der Waals surface area (Å²) in [7, 11) is 0. The Morgan fingerprint density at radius 1 is 1.17 bits per heavy atom. The standard InChI is InChI=1S/C13H18F3NS/c1-12(2,18-3)9-17-11(13(14,15)16)10-7-5-4-6-8-10/h4-8,11,17H,9H2,1-3H3. The number of halogens is 3. The summed E-state index contributed by atoms with van der Waals surface area (Å²) in [6.45, 7) is 4.14. The molecule has 0 heterocycles. The lowest BCUT2D eigenvalue weighted by Gasteiger charge is -2.28. The SMILES string of the molecule is CSC(C)(C)CNC(c1ccccc1)C(F)(F)F. The maximum Gasteiger partial charge on any atom is 0.407 e. The molecule has 0 aliphatic heterocycles. The first-order valence-corrected chi connectivity index (χ1v) is 6.89. The Labute approximate surface area is 110 Å². The van der Waals surface area contributed by atoms with Crippen molar-refractivity contribution in [3.63, 3.8) is 0 Å². The van der Waals surface area contributed by atoms with Gasteiger partial charge in [0.05, 0.1) is 0 Å². The zero-order valence-electron chi connectivity index (χ0n) is 10.7. The molecule has 1 N–H and O–H groups in total. The first-order valence-electron chi connectivity index (χ1n) is 5.66. The van der Waals surface area contributed by atoms with Crippen LogP contribution in [0.25, 0.3) is 0 Å². The third-order valence-corrected chi connectivity index (χ3v) is 3.99. The summed E-state index contributed by atoms with van der Waals surface area (Å²) in [6.07, 6.45) is -2.39. The molecule has 0 fully saturated rings. The second kappa shape index (κ2) is 5.97. The first kappa shape index (κ1) is 15.4. The number of nitrogens with one attached hydrogen (secondary N) is 1. The third kappa shape index (κ3) is 4.53. The van der Waals surface area contributed by atoms with Gasteiger partial charge < -0.3 is 5.32 Å². The lowest BCUT2D eigenvalue weighted by Crippen LogP contribution is -2.40. The fraction of sp³-hybridized carbons (Fsp3) is 0.538. The lowest BCUT2D eigenvalue weighted by molar-refractivity contribution is -0.157. The van der Waals surface area contributed by atoms with E-state index in [0.717, 1.165) is 0 Å². The van der Waals surface area contributed by atoms with Crippen molar-refractivity contribution in [1.29, 1.82) is 0 Å². The van der Waals surface area contributed by atoms with Crippen LogP contribution in [0.2, 0.25) is 0 Å². The number of alkyl halides is 3. The molecule has 0 aliphatic carbocycles. The summed E-state index contributed by atoms with van der Waals surface area (Å²) in [5.74, 6) is 0. The van der Waals surface area contributed by atoms with E-state index < -0.39 is 12.2 Å². The van der Waals surface area contributed by atoms with Gasteiger partial charge in [-0.1, -0.05) is 30.3 Å². The van der Waals surface area contributed by atoms with Crippen molar-refractivity contribution in [2.45, 2.75) is 30.8 Å². The molecule has 18 heavy (non-hydrogen) atoms. The molecule has 1 rings (SSSR count). The van der Waals surface area contributed by atoms with Crippen molar-refractivity contribution in [3.05, 3.63) is 35.9 Å². The van der Waals surface area contributed by atoms with E-state index in [1.54, 1.807) is 30.0 Å². The van der Waals surface area contributed by atoms with E-state index in [1.807, 2.05) is 20.1 Å². The van der Waals surface area contributed by atoms with E-state index in [2.05, 4.69) is 5.32 Å². The van der Waals surface area contributed by atoms with Gasteiger partial charge in [-0.05, 0) is 25.7 Å². The minimum atomic E-state index is -4.28. The predicted molar refractivity (Wildman–Crippen MR) is 70.8 cm³/mol. The molecule has 1 nitrogen and oxygen atoms in total. The number of rotatable bonds is 5. The predicted octanol–water partition coefficient (Wildman–Crippen LogP) is 4.02. The first-order chi connectivity index (χ1) is 8.26. The molecule has 1 unspecified atom stereocenters. The van der Waals surface area contributed by atoms with Crippen LogP contribution in [0.4, 0.5) is 13.2 Å². The second-order valence-electron chi connectivity index (χ2n) is 4.73. The molecule has 0 saturated heterocycles. The van der Waals surface area contributed by atoms with E-state index in [-0.39, 0.29) is 10.3 Å². The Hall–Kier alpha value is -0.680. The fourth-order valence-electron chi connectivity index (χ4n) is 1.49. The summed E-state index contributed by atoms with van der Waals surface area (Å²) >= 11 is 1.55. The highest BCUT2D eigenvalue weighted by Gasteiger charge is 2.41. The largest absolute Gasteiger partial charge is 0.407 e. The highest BCUT2D eigenvalue weighted by Crippen LogP contribution is 2.33. The van der Waals surface area contributed by atoms with Crippen molar-refractivity contribution in [2.75, 3.05) is 12.8 Å². The highest BCUT2D eigenvalue weighted by atomic mass is 32.2. The van der Waals surface area contributed by atoms with Gasteiger partial charge in [0.1, 0.15) is 6.04 Å². The van der Waals surface area contributed by atoms with E-state index in [9.17, 15) is 13.2 Å². The van der Waals surface area contributed by atoms with Crippen LogP contribution in [-0.4, -0.2) is 23.7 Å². The molecule has 0 saturated carbocycles. The number of hydrogen-bond donors (Lipinski definition) is 1. The van der Waals surface area contributed by atoms with Crippen LogP contribution in [0.5, 0.6) is 0 Å². The Kier molecular flexibility index (Phi) is 5.10. The molecule has 5 heteroatoms. The Morgan fingerprint density at radius 2 is 1.72 bits per heavy atom. The van der Waals surface area contributed by atoms with Crippen LogP contribution in [0.1, 0.15) is 25.5 Å². The van der Waals surface area contributed by atoms with Gasteiger partial charge in [-0.25, -0.2) is 0 Å². The topological polar surface area (TPSA) is 12.0 Å². The van der Waals surface area contributed by atoms with Gasteiger partial charge in [0.2, 0.25) is 0 Å². The van der Waals surface area contributed by atoms with Crippen molar-refractivity contribution in [2.24, 2.45) is 0 Å². The zero-order chi connectivity index (χ0) is 13.8. The summed E-state index contributed by atoms with van der Waals surface area (Å²) in [5.41, 5.74) is 0.252. The molecule has 0 amide bonds. The molecule has 1 aromatic carbocycles. The van der Waals surface area contributed by atoms with Gasteiger partial charge in [-0.15, -0.1) is 0 Å². The monoisotopic (exact) mass is 277 g/mol. The summed E-state index contributed by atoms with van der Waals surface area (Å²) in [6, 6.07) is 6.34. The molecule has 0 aliphatic rings. The molecule has 1 aromatic rings. The highest BCUT2D eigenvalue weighted by molar-refractivity contribution is 7.99. The minimum absolute atomic E-state index is 0.224. The van der Waals surface area contributed by atoms with Crippen LogP contribution in [0.15, 0.2) is 30.3 Å².